The lowest BCUT2D eigenvalue weighted by Crippen LogP contribution is -2.78. The third-order valence-corrected chi connectivity index (χ3v) is 6.73. The molecule has 4 aliphatic carbocycles. The quantitative estimate of drug-likeness (QED) is 0.684. The van der Waals surface area contributed by atoms with Gasteiger partial charge >= 0.3 is 6.36 Å². The van der Waals surface area contributed by atoms with Crippen molar-refractivity contribution in [2.24, 2.45) is 0 Å². The summed E-state index contributed by atoms with van der Waals surface area (Å²) >= 11 is 5.94. The Morgan fingerprint density at radius 3 is 2.52 bits per heavy atom. The number of nitrogens with zero attached hydrogens (tertiary/aromatic N) is 2. The normalized spacial score (nSPS) is 31.4. The molecule has 0 saturated heterocycles. The summed E-state index contributed by atoms with van der Waals surface area (Å²) in [5.41, 5.74) is 1.64. The minimum atomic E-state index is -4.63. The smallest absolute Gasteiger partial charge is 0.368 e. The van der Waals surface area contributed by atoms with Crippen molar-refractivity contribution in [3.63, 3.8) is 0 Å². The number of carbonyl (C=O) groups excluding carboxylic acids is 1. The average Bonchev–Trinajstić information content (AvgIpc) is 3.08. The first kappa shape index (κ1) is 20.8. The fourth-order valence-electron chi connectivity index (χ4n) is 4.96. The molecule has 31 heavy (non-hydrogen) atoms. The summed E-state index contributed by atoms with van der Waals surface area (Å²) in [4.78, 5) is 16.7. The van der Waals surface area contributed by atoms with Crippen LogP contribution in [0.4, 0.5) is 13.2 Å². The Morgan fingerprint density at radius 2 is 1.87 bits per heavy atom. The van der Waals surface area contributed by atoms with Crippen LogP contribution in [0.25, 0.3) is 11.3 Å². The Kier molecular flexibility index (Phi) is 4.84. The Balaban J connectivity index is 1.06. The molecule has 1 aromatic carbocycles. The number of benzene rings is 1. The Bertz CT molecular complexity index is 966. The lowest BCUT2D eigenvalue weighted by Gasteiger charge is -2.70. The molecule has 1 N–H and O–H groups in total. The van der Waals surface area contributed by atoms with Gasteiger partial charge in [0.05, 0.1) is 29.8 Å². The predicted molar refractivity (Wildman–Crippen MR) is 105 cm³/mol. The zero-order chi connectivity index (χ0) is 21.9. The first-order valence-electron chi connectivity index (χ1n) is 10.1. The van der Waals surface area contributed by atoms with Crippen molar-refractivity contribution in [3.8, 4) is 11.3 Å². The highest BCUT2D eigenvalue weighted by Crippen LogP contribution is 2.65. The molecule has 2 aromatic rings. The van der Waals surface area contributed by atoms with Crippen molar-refractivity contribution in [1.29, 1.82) is 0 Å². The molecule has 4 saturated carbocycles. The summed E-state index contributed by atoms with van der Waals surface area (Å²) in [7, 11) is 0. The van der Waals surface area contributed by atoms with E-state index in [0.717, 1.165) is 30.5 Å². The number of hydrogen-bond acceptors (Lipinski definition) is 4. The van der Waals surface area contributed by atoms with Gasteiger partial charge in [0.15, 0.2) is 0 Å². The number of carbonyl (C=O) groups is 1. The van der Waals surface area contributed by atoms with Crippen LogP contribution in [0.2, 0.25) is 5.02 Å². The largest absolute Gasteiger partial charge is 0.522 e. The molecule has 2 bridgehead atoms. The van der Waals surface area contributed by atoms with Gasteiger partial charge in [0.25, 0.3) is 0 Å². The molecule has 0 atom stereocenters. The lowest BCUT2D eigenvalue weighted by atomic mass is 9.44. The topological polar surface area (TPSA) is 65.4 Å². The average molecular weight is 456 g/mol. The van der Waals surface area contributed by atoms with E-state index in [1.165, 1.54) is 0 Å². The summed E-state index contributed by atoms with van der Waals surface area (Å²) in [6.07, 6.45) is 0.759. The van der Waals surface area contributed by atoms with Gasteiger partial charge in [0.1, 0.15) is 6.61 Å². The van der Waals surface area contributed by atoms with Gasteiger partial charge in [0.2, 0.25) is 5.91 Å². The van der Waals surface area contributed by atoms with E-state index >= 15 is 0 Å². The van der Waals surface area contributed by atoms with Crippen LogP contribution in [-0.2, 0) is 19.8 Å². The zero-order valence-corrected chi connectivity index (χ0v) is 17.2. The van der Waals surface area contributed by atoms with Gasteiger partial charge < -0.3 is 14.6 Å². The van der Waals surface area contributed by atoms with Gasteiger partial charge in [0, 0.05) is 35.2 Å². The maximum Gasteiger partial charge on any atom is 0.522 e. The minimum absolute atomic E-state index is 0.0120. The number of halogens is 4. The fourth-order valence-corrected chi connectivity index (χ4v) is 5.08. The fraction of sp³-hybridized carbons (Fsp3) is 0.524. The van der Waals surface area contributed by atoms with Crippen LogP contribution in [0.5, 0.6) is 0 Å². The third kappa shape index (κ3) is 4.06. The highest BCUT2D eigenvalue weighted by molar-refractivity contribution is 6.30. The molecule has 166 valence electrons. The summed E-state index contributed by atoms with van der Waals surface area (Å²) in [5.74, 6) is -0.235. The van der Waals surface area contributed by atoms with E-state index in [0.29, 0.717) is 5.02 Å². The van der Waals surface area contributed by atoms with E-state index in [2.05, 4.69) is 19.6 Å². The molecule has 1 amide bonds. The second kappa shape index (κ2) is 7.21. The summed E-state index contributed by atoms with van der Waals surface area (Å²) in [6.45, 7) is -0.149. The highest BCUT2D eigenvalue weighted by atomic mass is 35.5. The van der Waals surface area contributed by atoms with Crippen molar-refractivity contribution >= 4 is 17.5 Å². The molecule has 10 heteroatoms. The van der Waals surface area contributed by atoms with Crippen LogP contribution in [0.1, 0.15) is 32.1 Å². The van der Waals surface area contributed by atoms with Gasteiger partial charge in [-0.05, 0) is 31.4 Å². The maximum absolute atomic E-state index is 12.2. The highest BCUT2D eigenvalue weighted by Gasteiger charge is 2.69. The second-order valence-corrected chi connectivity index (χ2v) is 9.28. The van der Waals surface area contributed by atoms with Crippen molar-refractivity contribution in [2.45, 2.75) is 61.8 Å². The molecule has 1 heterocycles. The number of aromatic nitrogens is 2. The number of rotatable bonds is 7. The van der Waals surface area contributed by atoms with Crippen LogP contribution in [0.15, 0.2) is 36.8 Å². The van der Waals surface area contributed by atoms with E-state index in [1.54, 1.807) is 0 Å². The van der Waals surface area contributed by atoms with E-state index < -0.39 is 12.5 Å². The molecule has 0 aliphatic heterocycles. The monoisotopic (exact) mass is 455 g/mol. The van der Waals surface area contributed by atoms with Crippen LogP contribution in [0.3, 0.4) is 0 Å². The summed E-state index contributed by atoms with van der Waals surface area (Å²) in [5, 5.41) is 3.70. The molecular formula is C21H21ClF3N3O3. The molecule has 4 fully saturated rings. The number of alkyl halides is 3. The molecule has 0 spiro atoms. The molecule has 0 unspecified atom stereocenters. The predicted octanol–water partition coefficient (Wildman–Crippen LogP) is 4.04. The second-order valence-electron chi connectivity index (χ2n) is 8.85. The summed E-state index contributed by atoms with van der Waals surface area (Å²) in [6, 6.07) is 7.52. The standard InChI is InChI=1S/C21H21ClF3N3O3/c22-14-3-1-13(2-4-14)17-7-28(12-26-17)20-9-19(10-20,11-20)27-18(29)8-30-15-5-16(6-15)31-21(23,24)25/h1-4,7,12,15-16H,5-6,8-11H2,(H,27,29)/t15-,16+,19?,20?. The van der Waals surface area contributed by atoms with Crippen LogP contribution >= 0.6 is 11.6 Å². The lowest BCUT2D eigenvalue weighted by molar-refractivity contribution is -0.357. The zero-order valence-electron chi connectivity index (χ0n) is 16.5. The van der Waals surface area contributed by atoms with Crippen molar-refractivity contribution < 1.29 is 27.4 Å². The van der Waals surface area contributed by atoms with E-state index in [1.807, 2.05) is 36.8 Å². The molecule has 6 nitrogen and oxygen atoms in total. The first-order chi connectivity index (χ1) is 14.6. The minimum Gasteiger partial charge on any atom is -0.368 e. The van der Waals surface area contributed by atoms with Gasteiger partial charge in [-0.3, -0.25) is 9.53 Å². The van der Waals surface area contributed by atoms with Gasteiger partial charge in [-0.1, -0.05) is 23.7 Å². The Morgan fingerprint density at radius 1 is 1.19 bits per heavy atom. The first-order valence-corrected chi connectivity index (χ1v) is 10.5. The van der Waals surface area contributed by atoms with Gasteiger partial charge in [-0.25, -0.2) is 4.98 Å². The number of amides is 1. The molecule has 6 rings (SSSR count). The van der Waals surface area contributed by atoms with Gasteiger partial charge in [-0.2, -0.15) is 0 Å². The number of hydrogen-bond donors (Lipinski definition) is 1. The summed E-state index contributed by atoms with van der Waals surface area (Å²) < 4.78 is 47.8. The molecule has 0 radical (unpaired) electrons. The number of imidazole rings is 1. The van der Waals surface area contributed by atoms with Crippen molar-refractivity contribution in [3.05, 3.63) is 41.8 Å². The molecule has 1 aromatic heterocycles. The molecule has 4 aliphatic rings. The number of ether oxygens (including phenoxy) is 2. The third-order valence-electron chi connectivity index (χ3n) is 6.48. The molecular weight excluding hydrogens is 435 g/mol. The SMILES string of the molecule is O=C(CO[C@H]1C[C@@H](OC(F)(F)F)C1)NC12CC(n3cnc(-c4ccc(Cl)cc4)c3)(C1)C2. The van der Waals surface area contributed by atoms with Crippen LogP contribution < -0.4 is 5.32 Å². The van der Waals surface area contributed by atoms with E-state index in [9.17, 15) is 18.0 Å². The maximum atomic E-state index is 12.2. The van der Waals surface area contributed by atoms with Crippen molar-refractivity contribution in [1.82, 2.24) is 14.9 Å². The Hall–Kier alpha value is -2.10. The van der Waals surface area contributed by atoms with Crippen molar-refractivity contribution in [2.75, 3.05) is 6.61 Å². The van der Waals surface area contributed by atoms with Crippen LogP contribution in [0, 0.1) is 0 Å². The van der Waals surface area contributed by atoms with Crippen LogP contribution in [-0.4, -0.2) is 46.2 Å². The van der Waals surface area contributed by atoms with E-state index in [-0.39, 0.29) is 42.5 Å². The van der Waals surface area contributed by atoms with Gasteiger partial charge in [-0.15, -0.1) is 13.2 Å². The van der Waals surface area contributed by atoms with E-state index in [4.69, 9.17) is 16.3 Å². The Labute approximate surface area is 181 Å². The number of nitrogens with one attached hydrogen (secondary N) is 1.